The number of carbonyl (C=O) groups excluding carboxylic acids is 2. The Bertz CT molecular complexity index is 275. The lowest BCUT2D eigenvalue weighted by atomic mass is 10.0. The van der Waals surface area contributed by atoms with Gasteiger partial charge in [-0.25, -0.2) is 0 Å². The molecule has 0 atom stereocenters. The highest BCUT2D eigenvalue weighted by Gasteiger charge is 2.13. The summed E-state index contributed by atoms with van der Waals surface area (Å²) in [6.07, 6.45) is 3.95. The molecule has 13 heavy (non-hydrogen) atoms. The fraction of sp³-hybridized carbons (Fsp3) is 0.400. The van der Waals surface area contributed by atoms with Crippen LogP contribution < -0.4 is 5.73 Å². The number of hydrogen-bond acceptors (Lipinski definition) is 2. The summed E-state index contributed by atoms with van der Waals surface area (Å²) in [6, 6.07) is 0. The van der Waals surface area contributed by atoms with E-state index in [9.17, 15) is 9.59 Å². The van der Waals surface area contributed by atoms with Crippen molar-refractivity contribution in [2.24, 2.45) is 5.73 Å². The van der Waals surface area contributed by atoms with E-state index in [1.54, 1.807) is 19.1 Å². The van der Waals surface area contributed by atoms with Crippen molar-refractivity contribution in [3.05, 3.63) is 23.3 Å². The molecule has 0 aromatic rings. The molecular weight excluding hydrogens is 166 g/mol. The number of hydrogen-bond donors (Lipinski definition) is 1. The van der Waals surface area contributed by atoms with Crippen molar-refractivity contribution in [3.63, 3.8) is 0 Å². The Morgan fingerprint density at radius 1 is 1.31 bits per heavy atom. The van der Waals surface area contributed by atoms with Crippen molar-refractivity contribution < 1.29 is 9.59 Å². The summed E-state index contributed by atoms with van der Waals surface area (Å²) in [5, 5.41) is 0. The van der Waals surface area contributed by atoms with Gasteiger partial charge in [0.05, 0.1) is 0 Å². The van der Waals surface area contributed by atoms with E-state index in [4.69, 9.17) is 5.73 Å². The molecule has 0 fully saturated rings. The van der Waals surface area contributed by atoms with Crippen LogP contribution >= 0.6 is 0 Å². The van der Waals surface area contributed by atoms with Crippen LogP contribution in [0.5, 0.6) is 0 Å². The summed E-state index contributed by atoms with van der Waals surface area (Å²) >= 11 is 0. The van der Waals surface area contributed by atoms with Crippen LogP contribution in [0.15, 0.2) is 23.3 Å². The van der Waals surface area contributed by atoms with Gasteiger partial charge in [0.15, 0.2) is 5.78 Å². The summed E-state index contributed by atoms with van der Waals surface area (Å²) in [5.74, 6) is -0.689. The number of ketones is 1. The molecule has 0 aliphatic rings. The minimum Gasteiger partial charge on any atom is -0.366 e. The molecule has 0 saturated heterocycles. The molecule has 3 nitrogen and oxygen atoms in total. The van der Waals surface area contributed by atoms with E-state index in [0.717, 1.165) is 0 Å². The molecule has 0 bridgehead atoms. The standard InChI is InChI=1S/C10H15NO2/c1-4-6-9(10(11)13)8(5-2)7(3)12/h5-6H,4H2,1-3H3,(H2,11,13)/b8-5-,9-6+. The molecule has 72 valence electrons. The largest absolute Gasteiger partial charge is 0.366 e. The molecule has 0 rings (SSSR count). The smallest absolute Gasteiger partial charge is 0.249 e. The first-order valence-corrected chi connectivity index (χ1v) is 4.22. The average Bonchev–Trinajstić information content (AvgIpc) is 2.03. The van der Waals surface area contributed by atoms with Crippen molar-refractivity contribution in [1.29, 1.82) is 0 Å². The fourth-order valence-corrected chi connectivity index (χ4v) is 1.10. The summed E-state index contributed by atoms with van der Waals surface area (Å²) in [5.41, 5.74) is 5.85. The minimum atomic E-state index is -0.551. The SMILES string of the molecule is C/C=C(C(C)=O)\C(=C/CC)C(N)=O. The summed E-state index contributed by atoms with van der Waals surface area (Å²) < 4.78 is 0. The van der Waals surface area contributed by atoms with Gasteiger partial charge in [0.1, 0.15) is 0 Å². The van der Waals surface area contributed by atoms with Crippen molar-refractivity contribution >= 4 is 11.7 Å². The fourth-order valence-electron chi connectivity index (χ4n) is 1.10. The second-order valence-electron chi connectivity index (χ2n) is 2.65. The number of carbonyl (C=O) groups is 2. The van der Waals surface area contributed by atoms with Gasteiger partial charge in [0, 0.05) is 11.1 Å². The van der Waals surface area contributed by atoms with E-state index in [2.05, 4.69) is 0 Å². The predicted octanol–water partition coefficient (Wildman–Crippen LogP) is 1.34. The molecule has 1 amide bonds. The Labute approximate surface area is 78.3 Å². The molecule has 2 N–H and O–H groups in total. The van der Waals surface area contributed by atoms with E-state index in [1.165, 1.54) is 6.92 Å². The number of allylic oxidation sites excluding steroid dienone is 2. The third-order valence-corrected chi connectivity index (χ3v) is 1.63. The molecule has 0 aromatic carbocycles. The second-order valence-corrected chi connectivity index (χ2v) is 2.65. The van der Waals surface area contributed by atoms with Gasteiger partial charge < -0.3 is 5.73 Å². The van der Waals surface area contributed by atoms with Gasteiger partial charge in [0.2, 0.25) is 5.91 Å². The number of primary amides is 1. The van der Waals surface area contributed by atoms with Crippen LogP contribution in [0.1, 0.15) is 27.2 Å². The Hall–Kier alpha value is -1.38. The van der Waals surface area contributed by atoms with Gasteiger partial charge in [-0.2, -0.15) is 0 Å². The first-order valence-electron chi connectivity index (χ1n) is 4.22. The zero-order chi connectivity index (χ0) is 10.4. The maximum Gasteiger partial charge on any atom is 0.249 e. The van der Waals surface area contributed by atoms with Crippen LogP contribution in [0, 0.1) is 0 Å². The summed E-state index contributed by atoms with van der Waals surface area (Å²) in [7, 11) is 0. The van der Waals surface area contributed by atoms with Crippen LogP contribution in [0.25, 0.3) is 0 Å². The van der Waals surface area contributed by atoms with Crippen LogP contribution in [-0.4, -0.2) is 11.7 Å². The van der Waals surface area contributed by atoms with Gasteiger partial charge in [-0.15, -0.1) is 0 Å². The molecule has 0 spiro atoms. The van der Waals surface area contributed by atoms with Gasteiger partial charge >= 0.3 is 0 Å². The van der Waals surface area contributed by atoms with Crippen molar-refractivity contribution in [1.82, 2.24) is 0 Å². The van der Waals surface area contributed by atoms with E-state index >= 15 is 0 Å². The molecule has 0 saturated carbocycles. The highest BCUT2D eigenvalue weighted by atomic mass is 16.1. The van der Waals surface area contributed by atoms with Crippen molar-refractivity contribution in [2.75, 3.05) is 0 Å². The van der Waals surface area contributed by atoms with Crippen LogP contribution in [0.2, 0.25) is 0 Å². The molecule has 0 aliphatic heterocycles. The Balaban J connectivity index is 5.06. The molecule has 0 unspecified atom stereocenters. The molecule has 0 aliphatic carbocycles. The van der Waals surface area contributed by atoms with Crippen LogP contribution in [-0.2, 0) is 9.59 Å². The molecule has 3 heteroatoms. The zero-order valence-corrected chi connectivity index (χ0v) is 8.26. The number of rotatable bonds is 4. The second kappa shape index (κ2) is 5.30. The van der Waals surface area contributed by atoms with Crippen molar-refractivity contribution in [3.8, 4) is 0 Å². The lowest BCUT2D eigenvalue weighted by molar-refractivity contribution is -0.116. The third-order valence-electron chi connectivity index (χ3n) is 1.63. The topological polar surface area (TPSA) is 60.2 Å². The third kappa shape index (κ3) is 3.23. The molecule has 0 radical (unpaired) electrons. The lowest BCUT2D eigenvalue weighted by Crippen LogP contribution is -2.18. The van der Waals surface area contributed by atoms with E-state index < -0.39 is 5.91 Å². The highest BCUT2D eigenvalue weighted by molar-refractivity contribution is 6.10. The normalized spacial score (nSPS) is 12.8. The number of nitrogens with two attached hydrogens (primary N) is 1. The van der Waals surface area contributed by atoms with Gasteiger partial charge in [-0.1, -0.05) is 19.1 Å². The van der Waals surface area contributed by atoms with Gasteiger partial charge in [0.25, 0.3) is 0 Å². The lowest BCUT2D eigenvalue weighted by Gasteiger charge is -2.04. The number of amides is 1. The maximum atomic E-state index is 11.1. The maximum absolute atomic E-state index is 11.1. The first-order chi connectivity index (χ1) is 6.04. The van der Waals surface area contributed by atoms with E-state index in [1.807, 2.05) is 6.92 Å². The Morgan fingerprint density at radius 2 is 1.85 bits per heavy atom. The predicted molar refractivity (Wildman–Crippen MR) is 52.0 cm³/mol. The van der Waals surface area contributed by atoms with Gasteiger partial charge in [-0.3, -0.25) is 9.59 Å². The van der Waals surface area contributed by atoms with Gasteiger partial charge in [-0.05, 0) is 20.3 Å². The van der Waals surface area contributed by atoms with E-state index in [-0.39, 0.29) is 5.78 Å². The van der Waals surface area contributed by atoms with Crippen molar-refractivity contribution in [2.45, 2.75) is 27.2 Å². The highest BCUT2D eigenvalue weighted by Crippen LogP contribution is 2.11. The zero-order valence-electron chi connectivity index (χ0n) is 8.26. The Morgan fingerprint density at radius 3 is 2.08 bits per heavy atom. The first kappa shape index (κ1) is 11.6. The number of Topliss-reactive ketones (excluding diaryl/α,β-unsaturated/α-hetero) is 1. The quantitative estimate of drug-likeness (QED) is 0.525. The van der Waals surface area contributed by atoms with Crippen LogP contribution in [0.3, 0.4) is 0 Å². The molecular formula is C10H15NO2. The van der Waals surface area contributed by atoms with E-state index in [0.29, 0.717) is 17.6 Å². The average molecular weight is 181 g/mol. The molecule has 0 aromatic heterocycles. The summed E-state index contributed by atoms with van der Waals surface area (Å²) in [4.78, 5) is 22.0. The Kier molecular flexibility index (Phi) is 4.74. The molecule has 0 heterocycles. The monoisotopic (exact) mass is 181 g/mol. The van der Waals surface area contributed by atoms with Crippen LogP contribution in [0.4, 0.5) is 0 Å². The summed E-state index contributed by atoms with van der Waals surface area (Å²) in [6.45, 7) is 5.02. The minimum absolute atomic E-state index is 0.138.